The molecule has 0 radical (unpaired) electrons. The SMILES string of the molecule is Cc1ccccc1-c1nn(-c2ccccn2)cc1C=O. The van der Waals surface area contributed by atoms with Crippen molar-refractivity contribution in [3.8, 4) is 17.1 Å². The number of aryl methyl sites for hydroxylation is 1. The van der Waals surface area contributed by atoms with Gasteiger partial charge in [0.2, 0.25) is 0 Å². The van der Waals surface area contributed by atoms with Crippen molar-refractivity contribution in [1.29, 1.82) is 0 Å². The lowest BCUT2D eigenvalue weighted by atomic mass is 10.0. The topological polar surface area (TPSA) is 47.8 Å². The second-order valence-corrected chi connectivity index (χ2v) is 4.50. The molecule has 0 amide bonds. The van der Waals surface area contributed by atoms with Crippen LogP contribution in [0.25, 0.3) is 17.1 Å². The molecule has 0 unspecified atom stereocenters. The summed E-state index contributed by atoms with van der Waals surface area (Å²) in [7, 11) is 0. The first-order valence-electron chi connectivity index (χ1n) is 6.32. The Bertz CT molecular complexity index is 747. The molecule has 20 heavy (non-hydrogen) atoms. The third-order valence-electron chi connectivity index (χ3n) is 3.15. The van der Waals surface area contributed by atoms with Gasteiger partial charge in [0, 0.05) is 18.0 Å². The molecule has 0 saturated heterocycles. The average Bonchev–Trinajstić information content (AvgIpc) is 2.93. The van der Waals surface area contributed by atoms with Crippen molar-refractivity contribution in [2.75, 3.05) is 0 Å². The van der Waals surface area contributed by atoms with E-state index in [1.807, 2.05) is 49.4 Å². The van der Waals surface area contributed by atoms with Gasteiger partial charge in [-0.3, -0.25) is 4.79 Å². The normalized spacial score (nSPS) is 10.4. The van der Waals surface area contributed by atoms with Gasteiger partial charge in [-0.2, -0.15) is 5.10 Å². The Kier molecular flexibility index (Phi) is 3.13. The maximum atomic E-state index is 11.3. The Morgan fingerprint density at radius 1 is 1.10 bits per heavy atom. The minimum atomic E-state index is 0.560. The van der Waals surface area contributed by atoms with Gasteiger partial charge >= 0.3 is 0 Å². The summed E-state index contributed by atoms with van der Waals surface area (Å²) < 4.78 is 1.63. The largest absolute Gasteiger partial charge is 0.298 e. The highest BCUT2D eigenvalue weighted by Crippen LogP contribution is 2.25. The lowest BCUT2D eigenvalue weighted by Gasteiger charge is -2.02. The summed E-state index contributed by atoms with van der Waals surface area (Å²) in [6.45, 7) is 2.00. The summed E-state index contributed by atoms with van der Waals surface area (Å²) in [5.41, 5.74) is 3.29. The van der Waals surface area contributed by atoms with Crippen LogP contribution in [-0.2, 0) is 0 Å². The molecule has 4 heteroatoms. The van der Waals surface area contributed by atoms with Crippen LogP contribution >= 0.6 is 0 Å². The minimum absolute atomic E-state index is 0.560. The predicted molar refractivity (Wildman–Crippen MR) is 76.9 cm³/mol. The summed E-state index contributed by atoms with van der Waals surface area (Å²) in [6, 6.07) is 13.5. The van der Waals surface area contributed by atoms with E-state index in [1.54, 1.807) is 17.1 Å². The number of benzene rings is 1. The molecule has 2 heterocycles. The first kappa shape index (κ1) is 12.3. The molecular weight excluding hydrogens is 250 g/mol. The third-order valence-corrected chi connectivity index (χ3v) is 3.15. The molecule has 3 rings (SSSR count). The van der Waals surface area contributed by atoms with Gasteiger partial charge in [0.25, 0.3) is 0 Å². The molecule has 3 aromatic rings. The fourth-order valence-electron chi connectivity index (χ4n) is 2.13. The lowest BCUT2D eigenvalue weighted by molar-refractivity contribution is 0.112. The van der Waals surface area contributed by atoms with Crippen LogP contribution in [0.5, 0.6) is 0 Å². The van der Waals surface area contributed by atoms with E-state index >= 15 is 0 Å². The molecule has 0 N–H and O–H groups in total. The van der Waals surface area contributed by atoms with E-state index in [-0.39, 0.29) is 0 Å². The number of nitrogens with zero attached hydrogens (tertiary/aromatic N) is 3. The van der Waals surface area contributed by atoms with E-state index in [0.717, 1.165) is 17.4 Å². The Morgan fingerprint density at radius 2 is 1.90 bits per heavy atom. The quantitative estimate of drug-likeness (QED) is 0.682. The van der Waals surface area contributed by atoms with E-state index in [2.05, 4.69) is 10.1 Å². The molecule has 0 aliphatic rings. The van der Waals surface area contributed by atoms with Gasteiger partial charge in [-0.15, -0.1) is 0 Å². The summed E-state index contributed by atoms with van der Waals surface area (Å²) in [5.74, 6) is 0.690. The maximum absolute atomic E-state index is 11.3. The molecule has 0 fully saturated rings. The van der Waals surface area contributed by atoms with E-state index in [0.29, 0.717) is 17.1 Å². The van der Waals surface area contributed by atoms with Gasteiger partial charge in [0.1, 0.15) is 5.69 Å². The fourth-order valence-corrected chi connectivity index (χ4v) is 2.13. The fraction of sp³-hybridized carbons (Fsp3) is 0.0625. The molecule has 2 aromatic heterocycles. The van der Waals surface area contributed by atoms with Gasteiger partial charge < -0.3 is 0 Å². The highest BCUT2D eigenvalue weighted by atomic mass is 16.1. The van der Waals surface area contributed by atoms with Crippen LogP contribution in [0.2, 0.25) is 0 Å². The van der Waals surface area contributed by atoms with E-state index in [4.69, 9.17) is 0 Å². The lowest BCUT2D eigenvalue weighted by Crippen LogP contribution is -1.97. The van der Waals surface area contributed by atoms with Crippen LogP contribution in [0.1, 0.15) is 15.9 Å². The molecule has 1 aromatic carbocycles. The first-order chi connectivity index (χ1) is 9.79. The Labute approximate surface area is 116 Å². The monoisotopic (exact) mass is 263 g/mol. The highest BCUT2D eigenvalue weighted by Gasteiger charge is 2.13. The smallest absolute Gasteiger partial charge is 0.153 e. The number of carbonyl (C=O) groups is 1. The van der Waals surface area contributed by atoms with Crippen LogP contribution in [0.3, 0.4) is 0 Å². The number of aldehydes is 1. The van der Waals surface area contributed by atoms with E-state index < -0.39 is 0 Å². The molecule has 0 spiro atoms. The summed E-state index contributed by atoms with van der Waals surface area (Å²) in [4.78, 5) is 15.5. The van der Waals surface area contributed by atoms with E-state index in [9.17, 15) is 4.79 Å². The summed E-state index contributed by atoms with van der Waals surface area (Å²) in [6.07, 6.45) is 4.23. The predicted octanol–water partition coefficient (Wildman–Crippen LogP) is 3.06. The number of hydrogen-bond acceptors (Lipinski definition) is 3. The Hall–Kier alpha value is -2.75. The number of hydrogen-bond donors (Lipinski definition) is 0. The maximum Gasteiger partial charge on any atom is 0.153 e. The number of carbonyl (C=O) groups excluding carboxylic acids is 1. The van der Waals surface area contributed by atoms with Crippen molar-refractivity contribution >= 4 is 6.29 Å². The van der Waals surface area contributed by atoms with Gasteiger partial charge in [-0.25, -0.2) is 9.67 Å². The second kappa shape index (κ2) is 5.09. The van der Waals surface area contributed by atoms with Crippen molar-refractivity contribution < 1.29 is 4.79 Å². The van der Waals surface area contributed by atoms with Crippen LogP contribution in [0.4, 0.5) is 0 Å². The Morgan fingerprint density at radius 3 is 2.60 bits per heavy atom. The zero-order chi connectivity index (χ0) is 13.9. The van der Waals surface area contributed by atoms with Crippen molar-refractivity contribution in [2.45, 2.75) is 6.92 Å². The number of aromatic nitrogens is 3. The molecule has 0 atom stereocenters. The van der Waals surface area contributed by atoms with Gasteiger partial charge in [-0.1, -0.05) is 30.3 Å². The molecule has 0 aliphatic carbocycles. The average molecular weight is 263 g/mol. The van der Waals surface area contributed by atoms with E-state index in [1.165, 1.54) is 0 Å². The van der Waals surface area contributed by atoms with Crippen LogP contribution in [-0.4, -0.2) is 21.1 Å². The molecule has 4 nitrogen and oxygen atoms in total. The van der Waals surface area contributed by atoms with Crippen LogP contribution in [0.15, 0.2) is 54.9 Å². The molecular formula is C16H13N3O. The standard InChI is InChI=1S/C16H13N3O/c1-12-6-2-3-7-14(12)16-13(11-20)10-19(18-16)15-8-4-5-9-17-15/h2-11H,1H3. The van der Waals surface area contributed by atoms with Gasteiger partial charge in [0.05, 0.1) is 5.56 Å². The zero-order valence-corrected chi connectivity index (χ0v) is 11.0. The van der Waals surface area contributed by atoms with Crippen LogP contribution in [0, 0.1) is 6.92 Å². The van der Waals surface area contributed by atoms with Crippen molar-refractivity contribution in [3.63, 3.8) is 0 Å². The van der Waals surface area contributed by atoms with Crippen molar-refractivity contribution in [2.24, 2.45) is 0 Å². The molecule has 0 aliphatic heterocycles. The molecule has 0 saturated carbocycles. The summed E-state index contributed by atoms with van der Waals surface area (Å²) >= 11 is 0. The third kappa shape index (κ3) is 2.12. The first-order valence-corrected chi connectivity index (χ1v) is 6.32. The number of pyridine rings is 1. The van der Waals surface area contributed by atoms with Crippen LogP contribution < -0.4 is 0 Å². The second-order valence-electron chi connectivity index (χ2n) is 4.50. The molecule has 0 bridgehead atoms. The number of rotatable bonds is 3. The minimum Gasteiger partial charge on any atom is -0.298 e. The highest BCUT2D eigenvalue weighted by molar-refractivity contribution is 5.86. The van der Waals surface area contributed by atoms with Gasteiger partial charge in [-0.05, 0) is 24.6 Å². The van der Waals surface area contributed by atoms with Gasteiger partial charge in [0.15, 0.2) is 12.1 Å². The zero-order valence-electron chi connectivity index (χ0n) is 11.0. The molecule has 98 valence electrons. The Balaban J connectivity index is 2.16. The van der Waals surface area contributed by atoms with Crippen molar-refractivity contribution in [1.82, 2.24) is 14.8 Å². The summed E-state index contributed by atoms with van der Waals surface area (Å²) in [5, 5.41) is 4.51. The van der Waals surface area contributed by atoms with Crippen molar-refractivity contribution in [3.05, 3.63) is 66.0 Å².